The summed E-state index contributed by atoms with van der Waals surface area (Å²) in [6, 6.07) is 0. The zero-order valence-electron chi connectivity index (χ0n) is 4.27. The second kappa shape index (κ2) is 3.33. The van der Waals surface area contributed by atoms with E-state index in [0.717, 1.165) is 0 Å². The molecule has 1 nitrogen and oxygen atoms in total. The van der Waals surface area contributed by atoms with Crippen molar-refractivity contribution in [1.82, 2.24) is 0 Å². The van der Waals surface area contributed by atoms with E-state index in [0.29, 0.717) is 0 Å². The Balaban J connectivity index is 3.34. The first kappa shape index (κ1) is 7.31. The lowest BCUT2D eigenvalue weighted by Gasteiger charge is -1.95. The molecule has 0 aliphatic rings. The van der Waals surface area contributed by atoms with Crippen LogP contribution in [0.5, 0.6) is 0 Å². The van der Waals surface area contributed by atoms with Gasteiger partial charge in [0.05, 0.1) is 5.25 Å². The molecule has 0 heterocycles. The maximum atomic E-state index is 10.1. The Labute approximate surface area is 52.4 Å². The van der Waals surface area contributed by atoms with Crippen LogP contribution >= 0.6 is 23.4 Å². The van der Waals surface area contributed by atoms with Crippen LogP contribution in [0.4, 0.5) is 0 Å². The largest absolute Gasteiger partial charge is 0.280 e. The number of thioether (sulfide) groups is 1. The van der Waals surface area contributed by atoms with Gasteiger partial charge < -0.3 is 0 Å². The lowest BCUT2D eigenvalue weighted by molar-refractivity contribution is -0.111. The van der Waals surface area contributed by atoms with Gasteiger partial charge in [-0.15, -0.1) is 0 Å². The van der Waals surface area contributed by atoms with Crippen LogP contribution in [0.3, 0.4) is 0 Å². The Bertz CT molecular complexity index is 74.1. The number of rotatable bonds is 2. The molecule has 3 heteroatoms. The molecule has 0 aliphatic carbocycles. The predicted octanol–water partition coefficient (Wildman–Crippen LogP) is 1.50. The van der Waals surface area contributed by atoms with E-state index in [-0.39, 0.29) is 10.5 Å². The molecule has 0 rings (SSSR count). The first-order valence-corrected chi connectivity index (χ1v) is 3.57. The Morgan fingerprint density at radius 3 is 2.29 bits per heavy atom. The fourth-order valence-corrected chi connectivity index (χ4v) is 0.545. The van der Waals surface area contributed by atoms with Gasteiger partial charge in [0.15, 0.2) is 0 Å². The van der Waals surface area contributed by atoms with Gasteiger partial charge in [0, 0.05) is 0 Å². The van der Waals surface area contributed by atoms with Crippen LogP contribution in [0.25, 0.3) is 0 Å². The molecule has 7 heavy (non-hydrogen) atoms. The molecule has 0 fully saturated rings. The van der Waals surface area contributed by atoms with Crippen molar-refractivity contribution >= 4 is 28.6 Å². The third-order valence-corrected chi connectivity index (χ3v) is 2.05. The van der Waals surface area contributed by atoms with Gasteiger partial charge in [-0.25, -0.2) is 0 Å². The zero-order chi connectivity index (χ0) is 5.86. The van der Waals surface area contributed by atoms with Gasteiger partial charge in [-0.3, -0.25) is 4.79 Å². The standard InChI is InChI=1S/C4H7ClOS/c1-3(7-2)4(5)6/h3H,1-2H3/t3-/m0/s1. The van der Waals surface area contributed by atoms with E-state index >= 15 is 0 Å². The van der Waals surface area contributed by atoms with Crippen LogP contribution in [-0.4, -0.2) is 16.7 Å². The third-order valence-electron chi connectivity index (χ3n) is 0.673. The van der Waals surface area contributed by atoms with Crippen LogP contribution in [0.1, 0.15) is 6.92 Å². The number of hydrogen-bond acceptors (Lipinski definition) is 2. The van der Waals surface area contributed by atoms with Gasteiger partial charge in [-0.05, 0) is 24.8 Å². The molecule has 0 radical (unpaired) electrons. The summed E-state index contributed by atoms with van der Waals surface area (Å²) in [5.74, 6) is 0. The van der Waals surface area contributed by atoms with Gasteiger partial charge in [-0.2, -0.15) is 11.8 Å². The molecule has 0 aromatic rings. The SMILES string of the molecule is CS[C@@H](C)C(=O)Cl. The molecule has 0 aromatic heterocycles. The molecular formula is C4H7ClOS. The summed E-state index contributed by atoms with van der Waals surface area (Å²) >= 11 is 6.52. The normalized spacial score (nSPS) is 13.6. The summed E-state index contributed by atoms with van der Waals surface area (Å²) in [5.41, 5.74) is 0. The van der Waals surface area contributed by atoms with Crippen LogP contribution in [0, 0.1) is 0 Å². The molecule has 0 unspecified atom stereocenters. The Morgan fingerprint density at radius 2 is 2.29 bits per heavy atom. The van der Waals surface area contributed by atoms with Gasteiger partial charge in [-0.1, -0.05) is 0 Å². The summed E-state index contributed by atoms with van der Waals surface area (Å²) in [5, 5.41) is -0.325. The van der Waals surface area contributed by atoms with Crippen molar-refractivity contribution in [2.75, 3.05) is 6.26 Å². The minimum absolute atomic E-state index is 0.0540. The minimum atomic E-state index is -0.271. The van der Waals surface area contributed by atoms with E-state index in [1.54, 1.807) is 6.92 Å². The molecular weight excluding hydrogens is 132 g/mol. The fraction of sp³-hybridized carbons (Fsp3) is 0.750. The lowest BCUT2D eigenvalue weighted by Crippen LogP contribution is -2.03. The van der Waals surface area contributed by atoms with Crippen molar-refractivity contribution in [2.24, 2.45) is 0 Å². The predicted molar refractivity (Wildman–Crippen MR) is 33.8 cm³/mol. The van der Waals surface area contributed by atoms with Crippen LogP contribution < -0.4 is 0 Å². The van der Waals surface area contributed by atoms with Crippen LogP contribution in [0.2, 0.25) is 0 Å². The van der Waals surface area contributed by atoms with Gasteiger partial charge in [0.2, 0.25) is 5.24 Å². The molecule has 0 aromatic carbocycles. The maximum absolute atomic E-state index is 10.1. The summed E-state index contributed by atoms with van der Waals surface area (Å²) in [4.78, 5) is 10.1. The van der Waals surface area contributed by atoms with Gasteiger partial charge >= 0.3 is 0 Å². The lowest BCUT2D eigenvalue weighted by atomic mass is 10.5. The van der Waals surface area contributed by atoms with E-state index in [1.807, 2.05) is 6.26 Å². The van der Waals surface area contributed by atoms with E-state index < -0.39 is 0 Å². The summed E-state index contributed by atoms with van der Waals surface area (Å²) in [6.45, 7) is 1.78. The quantitative estimate of drug-likeness (QED) is 0.538. The monoisotopic (exact) mass is 138 g/mol. The van der Waals surface area contributed by atoms with Crippen molar-refractivity contribution in [3.8, 4) is 0 Å². The molecule has 0 N–H and O–H groups in total. The summed E-state index contributed by atoms with van der Waals surface area (Å²) < 4.78 is 0. The zero-order valence-corrected chi connectivity index (χ0v) is 5.84. The number of carbonyl (C=O) groups is 1. The summed E-state index contributed by atoms with van der Waals surface area (Å²) in [6.07, 6.45) is 1.85. The Kier molecular flexibility index (Phi) is 3.48. The van der Waals surface area contributed by atoms with E-state index in [2.05, 4.69) is 0 Å². The van der Waals surface area contributed by atoms with Gasteiger partial charge in [0.25, 0.3) is 0 Å². The first-order valence-electron chi connectivity index (χ1n) is 1.90. The topological polar surface area (TPSA) is 17.1 Å². The molecule has 0 bridgehead atoms. The summed E-state index contributed by atoms with van der Waals surface area (Å²) in [7, 11) is 0. The van der Waals surface area contributed by atoms with E-state index in [1.165, 1.54) is 11.8 Å². The fourth-order valence-electron chi connectivity index (χ4n) is 0.0927. The van der Waals surface area contributed by atoms with Crippen molar-refractivity contribution in [3.63, 3.8) is 0 Å². The highest BCUT2D eigenvalue weighted by atomic mass is 35.5. The molecule has 0 amide bonds. The van der Waals surface area contributed by atoms with Crippen molar-refractivity contribution in [1.29, 1.82) is 0 Å². The second-order valence-corrected chi connectivity index (χ2v) is 2.73. The smallest absolute Gasteiger partial charge is 0.234 e. The molecule has 0 spiro atoms. The number of hydrogen-bond donors (Lipinski definition) is 0. The van der Waals surface area contributed by atoms with Crippen molar-refractivity contribution < 1.29 is 4.79 Å². The second-order valence-electron chi connectivity index (χ2n) is 1.18. The molecule has 1 atom stereocenters. The van der Waals surface area contributed by atoms with E-state index in [9.17, 15) is 4.79 Å². The van der Waals surface area contributed by atoms with E-state index in [4.69, 9.17) is 11.6 Å². The number of halogens is 1. The van der Waals surface area contributed by atoms with Gasteiger partial charge in [0.1, 0.15) is 0 Å². The third kappa shape index (κ3) is 2.94. The van der Waals surface area contributed by atoms with Crippen molar-refractivity contribution in [2.45, 2.75) is 12.2 Å². The minimum Gasteiger partial charge on any atom is -0.280 e. The molecule has 0 saturated heterocycles. The van der Waals surface area contributed by atoms with Crippen LogP contribution in [-0.2, 0) is 4.79 Å². The Hall–Kier alpha value is 0.310. The maximum Gasteiger partial charge on any atom is 0.234 e. The van der Waals surface area contributed by atoms with Crippen molar-refractivity contribution in [3.05, 3.63) is 0 Å². The average molecular weight is 139 g/mol. The first-order chi connectivity index (χ1) is 3.18. The highest BCUT2D eigenvalue weighted by molar-refractivity contribution is 8.00. The Morgan fingerprint density at radius 1 is 1.86 bits per heavy atom. The highest BCUT2D eigenvalue weighted by Gasteiger charge is 2.04. The highest BCUT2D eigenvalue weighted by Crippen LogP contribution is 2.07. The molecule has 0 aliphatic heterocycles. The number of carbonyl (C=O) groups excluding carboxylic acids is 1. The molecule has 42 valence electrons. The molecule has 0 saturated carbocycles. The van der Waals surface area contributed by atoms with Crippen LogP contribution in [0.15, 0.2) is 0 Å². The average Bonchev–Trinajstić information content (AvgIpc) is 1.65.